The smallest absolute Gasteiger partial charge is 0.253 e. The van der Waals surface area contributed by atoms with E-state index in [1.54, 1.807) is 11.9 Å². The van der Waals surface area contributed by atoms with Gasteiger partial charge in [0.25, 0.3) is 5.91 Å². The maximum absolute atomic E-state index is 13.1. The molecule has 0 radical (unpaired) electrons. The molecule has 0 aliphatic rings. The number of aryl methyl sites for hydroxylation is 1. The van der Waals surface area contributed by atoms with Crippen LogP contribution in [0.15, 0.2) is 47.4 Å². The van der Waals surface area contributed by atoms with Crippen molar-refractivity contribution >= 4 is 18.5 Å². The van der Waals surface area contributed by atoms with Crippen LogP contribution in [0, 0.1) is 12.7 Å². The van der Waals surface area contributed by atoms with Crippen molar-refractivity contribution in [1.82, 2.24) is 4.90 Å². The van der Waals surface area contributed by atoms with E-state index in [1.807, 2.05) is 31.2 Å². The first-order valence-electron chi connectivity index (χ1n) is 6.27. The van der Waals surface area contributed by atoms with E-state index >= 15 is 0 Å². The Morgan fingerprint density at radius 1 is 1.20 bits per heavy atom. The van der Waals surface area contributed by atoms with Crippen LogP contribution in [0.5, 0.6) is 0 Å². The van der Waals surface area contributed by atoms with Gasteiger partial charge in [0, 0.05) is 24.1 Å². The third-order valence-electron chi connectivity index (χ3n) is 3.08. The molecule has 104 valence electrons. The second-order valence-corrected chi connectivity index (χ2v) is 5.29. The highest BCUT2D eigenvalue weighted by molar-refractivity contribution is 7.80. The third-order valence-corrected chi connectivity index (χ3v) is 3.42. The van der Waals surface area contributed by atoms with Crippen LogP contribution in [0.25, 0.3) is 0 Å². The van der Waals surface area contributed by atoms with Gasteiger partial charge in [-0.15, -0.1) is 12.6 Å². The zero-order valence-electron chi connectivity index (χ0n) is 11.4. The zero-order valence-corrected chi connectivity index (χ0v) is 12.3. The fourth-order valence-electron chi connectivity index (χ4n) is 1.91. The van der Waals surface area contributed by atoms with E-state index in [4.69, 9.17) is 0 Å². The average Bonchev–Trinajstić information content (AvgIpc) is 2.43. The fraction of sp³-hybridized carbons (Fsp3) is 0.188. The molecule has 20 heavy (non-hydrogen) atoms. The van der Waals surface area contributed by atoms with E-state index in [2.05, 4.69) is 12.6 Å². The molecule has 2 rings (SSSR count). The molecule has 0 aliphatic carbocycles. The van der Waals surface area contributed by atoms with Gasteiger partial charge in [0.15, 0.2) is 0 Å². The molecule has 0 aromatic heterocycles. The summed E-state index contributed by atoms with van der Waals surface area (Å²) in [5.41, 5.74) is 2.67. The Balaban J connectivity index is 2.11. The summed E-state index contributed by atoms with van der Waals surface area (Å²) < 4.78 is 13.1. The van der Waals surface area contributed by atoms with Gasteiger partial charge in [0.05, 0.1) is 0 Å². The van der Waals surface area contributed by atoms with Crippen LogP contribution in [0.1, 0.15) is 21.5 Å². The molecular formula is C16H16FNOS. The molecule has 0 saturated carbocycles. The SMILES string of the molecule is Cc1ccc(CN(C)C(=O)c2ccc(F)c(S)c2)cc1. The summed E-state index contributed by atoms with van der Waals surface area (Å²) in [7, 11) is 1.73. The van der Waals surface area contributed by atoms with Gasteiger partial charge in [-0.3, -0.25) is 4.79 Å². The van der Waals surface area contributed by atoms with Crippen molar-refractivity contribution in [3.63, 3.8) is 0 Å². The van der Waals surface area contributed by atoms with Gasteiger partial charge >= 0.3 is 0 Å². The highest BCUT2D eigenvalue weighted by atomic mass is 32.1. The number of benzene rings is 2. The standard InChI is InChI=1S/C16H16FNOS/c1-11-3-5-12(6-4-11)10-18(2)16(19)13-7-8-14(17)15(20)9-13/h3-9,20H,10H2,1-2H3. The lowest BCUT2D eigenvalue weighted by Crippen LogP contribution is -2.26. The second-order valence-electron chi connectivity index (χ2n) is 4.81. The molecule has 0 saturated heterocycles. The Bertz CT molecular complexity index is 625. The maximum atomic E-state index is 13.1. The van der Waals surface area contributed by atoms with Crippen molar-refractivity contribution in [2.24, 2.45) is 0 Å². The van der Waals surface area contributed by atoms with E-state index in [0.717, 1.165) is 5.56 Å². The van der Waals surface area contributed by atoms with Gasteiger partial charge < -0.3 is 4.90 Å². The lowest BCUT2D eigenvalue weighted by molar-refractivity contribution is 0.0785. The predicted octanol–water partition coefficient (Wildman–Crippen LogP) is 3.70. The Morgan fingerprint density at radius 3 is 2.45 bits per heavy atom. The first kappa shape index (κ1) is 14.6. The molecular weight excluding hydrogens is 273 g/mol. The quantitative estimate of drug-likeness (QED) is 0.854. The van der Waals surface area contributed by atoms with E-state index in [1.165, 1.54) is 23.8 Å². The molecule has 0 aliphatic heterocycles. The van der Waals surface area contributed by atoms with Crippen LogP contribution in [0.4, 0.5) is 4.39 Å². The Hall–Kier alpha value is -1.81. The summed E-state index contributed by atoms with van der Waals surface area (Å²) >= 11 is 4.00. The summed E-state index contributed by atoms with van der Waals surface area (Å²) in [6, 6.07) is 12.2. The molecule has 0 fully saturated rings. The number of hydrogen-bond donors (Lipinski definition) is 1. The molecule has 2 nitrogen and oxygen atoms in total. The molecule has 1 amide bonds. The molecule has 0 bridgehead atoms. The first-order chi connectivity index (χ1) is 9.47. The highest BCUT2D eigenvalue weighted by Gasteiger charge is 2.13. The van der Waals surface area contributed by atoms with E-state index in [0.29, 0.717) is 12.1 Å². The summed E-state index contributed by atoms with van der Waals surface area (Å²) in [6.45, 7) is 2.53. The number of hydrogen-bond acceptors (Lipinski definition) is 2. The number of carbonyl (C=O) groups is 1. The van der Waals surface area contributed by atoms with E-state index in [9.17, 15) is 9.18 Å². The molecule has 0 unspecified atom stereocenters. The Labute approximate surface area is 123 Å². The number of rotatable bonds is 3. The summed E-state index contributed by atoms with van der Waals surface area (Å²) in [5.74, 6) is -0.577. The lowest BCUT2D eigenvalue weighted by atomic mass is 10.1. The minimum absolute atomic E-state index is 0.152. The number of thiol groups is 1. The van der Waals surface area contributed by atoms with Crippen LogP contribution >= 0.6 is 12.6 Å². The van der Waals surface area contributed by atoms with Gasteiger partial charge in [0.2, 0.25) is 0 Å². The zero-order chi connectivity index (χ0) is 14.7. The van der Waals surface area contributed by atoms with Crippen molar-refractivity contribution in [3.8, 4) is 0 Å². The van der Waals surface area contributed by atoms with Crippen LogP contribution in [-0.4, -0.2) is 17.9 Å². The number of carbonyl (C=O) groups excluding carboxylic acids is 1. The second kappa shape index (κ2) is 6.09. The van der Waals surface area contributed by atoms with Gasteiger partial charge in [-0.1, -0.05) is 29.8 Å². The van der Waals surface area contributed by atoms with Gasteiger partial charge in [0.1, 0.15) is 5.82 Å². The molecule has 0 atom stereocenters. The molecule has 4 heteroatoms. The van der Waals surface area contributed by atoms with Gasteiger partial charge in [-0.2, -0.15) is 0 Å². The van der Waals surface area contributed by atoms with Crippen LogP contribution in [0.2, 0.25) is 0 Å². The molecule has 2 aromatic rings. The number of halogens is 1. The van der Waals surface area contributed by atoms with Gasteiger partial charge in [-0.05, 0) is 30.7 Å². The molecule has 2 aromatic carbocycles. The topological polar surface area (TPSA) is 20.3 Å². The Morgan fingerprint density at radius 2 is 1.85 bits per heavy atom. The number of amides is 1. The van der Waals surface area contributed by atoms with Crippen molar-refractivity contribution in [3.05, 3.63) is 65.0 Å². The lowest BCUT2D eigenvalue weighted by Gasteiger charge is -2.17. The molecule has 0 spiro atoms. The minimum Gasteiger partial charge on any atom is -0.337 e. The highest BCUT2D eigenvalue weighted by Crippen LogP contribution is 2.16. The fourth-order valence-corrected chi connectivity index (χ4v) is 2.12. The van der Waals surface area contributed by atoms with Crippen molar-refractivity contribution < 1.29 is 9.18 Å². The summed E-state index contributed by atoms with van der Waals surface area (Å²) in [6.07, 6.45) is 0. The first-order valence-corrected chi connectivity index (χ1v) is 6.71. The molecule has 0 heterocycles. The Kier molecular flexibility index (Phi) is 4.45. The summed E-state index contributed by atoms with van der Waals surface area (Å²) in [4.78, 5) is 14.0. The minimum atomic E-state index is -0.425. The number of nitrogens with zero attached hydrogens (tertiary/aromatic N) is 1. The monoisotopic (exact) mass is 289 g/mol. The van der Waals surface area contributed by atoms with Crippen LogP contribution in [0.3, 0.4) is 0 Å². The van der Waals surface area contributed by atoms with Gasteiger partial charge in [-0.25, -0.2) is 4.39 Å². The third kappa shape index (κ3) is 3.39. The normalized spacial score (nSPS) is 10.4. The van der Waals surface area contributed by atoms with Crippen molar-refractivity contribution in [1.29, 1.82) is 0 Å². The van der Waals surface area contributed by atoms with E-state index in [-0.39, 0.29) is 10.8 Å². The van der Waals surface area contributed by atoms with Crippen LogP contribution < -0.4 is 0 Å². The van der Waals surface area contributed by atoms with E-state index < -0.39 is 5.82 Å². The maximum Gasteiger partial charge on any atom is 0.253 e. The molecule has 0 N–H and O–H groups in total. The van der Waals surface area contributed by atoms with Crippen molar-refractivity contribution in [2.45, 2.75) is 18.4 Å². The van der Waals surface area contributed by atoms with Crippen molar-refractivity contribution in [2.75, 3.05) is 7.05 Å². The summed E-state index contributed by atoms with van der Waals surface area (Å²) in [5, 5.41) is 0. The average molecular weight is 289 g/mol. The predicted molar refractivity (Wildman–Crippen MR) is 80.6 cm³/mol. The van der Waals surface area contributed by atoms with Crippen LogP contribution in [-0.2, 0) is 6.54 Å². The largest absolute Gasteiger partial charge is 0.337 e.